The summed E-state index contributed by atoms with van der Waals surface area (Å²) in [4.78, 5) is 15.3. The zero-order valence-electron chi connectivity index (χ0n) is 9.72. The summed E-state index contributed by atoms with van der Waals surface area (Å²) in [6.07, 6.45) is 4.16. The Morgan fingerprint density at radius 1 is 1.59 bits per heavy atom. The van der Waals surface area contributed by atoms with Crippen LogP contribution in [0.2, 0.25) is 0 Å². The van der Waals surface area contributed by atoms with Gasteiger partial charge in [-0.3, -0.25) is 0 Å². The number of hydrogen-bond acceptors (Lipinski definition) is 4. The molecule has 0 aliphatic carbocycles. The van der Waals surface area contributed by atoms with Crippen LogP contribution in [0.1, 0.15) is 13.3 Å². The van der Waals surface area contributed by atoms with E-state index in [1.54, 1.807) is 12.7 Å². The number of rotatable bonds is 4. The Morgan fingerprint density at radius 2 is 2.41 bits per heavy atom. The number of aromatic amines is 1. The summed E-state index contributed by atoms with van der Waals surface area (Å²) >= 11 is 0. The van der Waals surface area contributed by atoms with Crippen LogP contribution in [0.4, 0.5) is 0 Å². The lowest BCUT2D eigenvalue weighted by atomic mass is 10.2. The van der Waals surface area contributed by atoms with Crippen LogP contribution in [0.5, 0.6) is 0 Å². The number of hydrogen-bond donors (Lipinski definition) is 2. The van der Waals surface area contributed by atoms with E-state index >= 15 is 0 Å². The standard InChI is InChI=1S/C11H15N5O/c1-8(2)3-4-16-6-14-10(15-7-17)9-11(16)13-5-12-9/h5-6,17H,1,3-4,7H2,2H3,(H,12,13)/b15-10-. The summed E-state index contributed by atoms with van der Waals surface area (Å²) in [5.41, 5.74) is 3.12. The second-order valence-corrected chi connectivity index (χ2v) is 3.87. The van der Waals surface area contributed by atoms with Crippen molar-refractivity contribution in [3.63, 3.8) is 0 Å². The van der Waals surface area contributed by atoms with Crippen LogP contribution >= 0.6 is 0 Å². The van der Waals surface area contributed by atoms with Gasteiger partial charge in [-0.25, -0.2) is 15.0 Å². The Labute approximate surface area is 98.4 Å². The highest BCUT2D eigenvalue weighted by atomic mass is 16.3. The number of aromatic nitrogens is 4. The quantitative estimate of drug-likeness (QED) is 0.758. The zero-order chi connectivity index (χ0) is 12.3. The topological polar surface area (TPSA) is 79.1 Å². The van der Waals surface area contributed by atoms with Crippen molar-refractivity contribution in [2.24, 2.45) is 4.99 Å². The van der Waals surface area contributed by atoms with Gasteiger partial charge in [0.05, 0.1) is 12.7 Å². The molecule has 0 bridgehead atoms. The molecule has 2 aromatic rings. The molecule has 0 saturated heterocycles. The second kappa shape index (κ2) is 4.92. The number of fused-ring (bicyclic) bond motifs is 1. The second-order valence-electron chi connectivity index (χ2n) is 3.87. The first-order valence-corrected chi connectivity index (χ1v) is 5.36. The highest BCUT2D eigenvalue weighted by Crippen LogP contribution is 2.06. The van der Waals surface area contributed by atoms with Crippen LogP contribution in [0, 0.1) is 0 Å². The number of allylic oxidation sites excluding steroid dienone is 1. The molecule has 90 valence electrons. The van der Waals surface area contributed by atoms with E-state index in [-0.39, 0.29) is 6.73 Å². The maximum atomic E-state index is 8.80. The smallest absolute Gasteiger partial charge is 0.178 e. The largest absolute Gasteiger partial charge is 0.374 e. The van der Waals surface area contributed by atoms with E-state index < -0.39 is 0 Å². The average molecular weight is 233 g/mol. The molecule has 0 atom stereocenters. The van der Waals surface area contributed by atoms with Crippen LogP contribution < -0.4 is 5.49 Å². The van der Waals surface area contributed by atoms with Gasteiger partial charge in [-0.1, -0.05) is 5.57 Å². The van der Waals surface area contributed by atoms with E-state index in [4.69, 9.17) is 5.11 Å². The molecule has 2 N–H and O–H groups in total. The van der Waals surface area contributed by atoms with Crippen molar-refractivity contribution in [3.05, 3.63) is 30.3 Å². The third-order valence-electron chi connectivity index (χ3n) is 2.43. The lowest BCUT2D eigenvalue weighted by Gasteiger charge is -2.06. The highest BCUT2D eigenvalue weighted by molar-refractivity contribution is 5.68. The number of nitrogens with zero attached hydrogens (tertiary/aromatic N) is 4. The third kappa shape index (κ3) is 2.42. The molecule has 6 heteroatoms. The fourth-order valence-corrected chi connectivity index (χ4v) is 1.57. The molecule has 0 radical (unpaired) electrons. The van der Waals surface area contributed by atoms with Gasteiger partial charge in [-0.05, 0) is 13.3 Å². The molecular formula is C11H15N5O. The van der Waals surface area contributed by atoms with Crippen molar-refractivity contribution in [1.82, 2.24) is 19.5 Å². The van der Waals surface area contributed by atoms with Crippen LogP contribution in [0.3, 0.4) is 0 Å². The molecule has 0 aliphatic rings. The zero-order valence-corrected chi connectivity index (χ0v) is 9.72. The molecule has 2 rings (SSSR count). The maximum absolute atomic E-state index is 8.80. The minimum Gasteiger partial charge on any atom is -0.374 e. The molecule has 0 spiro atoms. The highest BCUT2D eigenvalue weighted by Gasteiger charge is 2.04. The van der Waals surface area contributed by atoms with Gasteiger partial charge in [-0.2, -0.15) is 0 Å². The Bertz CT molecular complexity index is 595. The van der Waals surface area contributed by atoms with E-state index in [0.29, 0.717) is 5.49 Å². The number of H-pyrrole nitrogens is 1. The van der Waals surface area contributed by atoms with Gasteiger partial charge in [0, 0.05) is 6.54 Å². The van der Waals surface area contributed by atoms with Crippen LogP contribution in [-0.4, -0.2) is 31.4 Å². The fourth-order valence-electron chi connectivity index (χ4n) is 1.57. The molecule has 17 heavy (non-hydrogen) atoms. The SMILES string of the molecule is C=C(C)CCn1cn/c(=N\CO)c2[nH]cnc21. The van der Waals surface area contributed by atoms with Gasteiger partial charge >= 0.3 is 0 Å². The number of aliphatic hydroxyl groups is 1. The van der Waals surface area contributed by atoms with Gasteiger partial charge in [-0.15, -0.1) is 6.58 Å². The van der Waals surface area contributed by atoms with E-state index in [9.17, 15) is 0 Å². The molecule has 0 aliphatic heterocycles. The van der Waals surface area contributed by atoms with Crippen LogP contribution in [0.25, 0.3) is 11.2 Å². The fraction of sp³-hybridized carbons (Fsp3) is 0.364. The van der Waals surface area contributed by atoms with Crippen molar-refractivity contribution in [2.75, 3.05) is 6.73 Å². The lowest BCUT2D eigenvalue weighted by Crippen LogP contribution is -2.15. The number of aryl methyl sites for hydroxylation is 1. The predicted octanol–water partition coefficient (Wildman–Crippen LogP) is 0.576. The number of aliphatic hydroxyl groups excluding tert-OH is 1. The molecule has 6 nitrogen and oxygen atoms in total. The first-order chi connectivity index (χ1) is 8.22. The summed E-state index contributed by atoms with van der Waals surface area (Å²) in [5, 5.41) is 8.80. The molecule has 2 aromatic heterocycles. The maximum Gasteiger partial charge on any atom is 0.178 e. The first-order valence-electron chi connectivity index (χ1n) is 5.36. The molecule has 2 heterocycles. The summed E-state index contributed by atoms with van der Waals surface area (Å²) in [6, 6.07) is 0. The van der Waals surface area contributed by atoms with Crippen molar-refractivity contribution in [2.45, 2.75) is 19.9 Å². The van der Waals surface area contributed by atoms with E-state index in [2.05, 4.69) is 26.5 Å². The Hall–Kier alpha value is -1.95. The number of imidazole rings is 1. The molecule has 0 aromatic carbocycles. The Balaban J connectivity index is 2.46. The normalized spacial score (nSPS) is 12.2. The van der Waals surface area contributed by atoms with E-state index in [1.807, 2.05) is 11.5 Å². The summed E-state index contributed by atoms with van der Waals surface area (Å²) in [6.45, 7) is 6.36. The minimum atomic E-state index is -0.281. The third-order valence-corrected chi connectivity index (χ3v) is 2.43. The molecular weight excluding hydrogens is 218 g/mol. The van der Waals surface area contributed by atoms with E-state index in [0.717, 1.165) is 29.7 Å². The summed E-state index contributed by atoms with van der Waals surface area (Å²) in [5.74, 6) is 0. The van der Waals surface area contributed by atoms with Crippen molar-refractivity contribution >= 4 is 11.2 Å². The Kier molecular flexibility index (Phi) is 3.34. The van der Waals surface area contributed by atoms with Crippen molar-refractivity contribution < 1.29 is 5.11 Å². The summed E-state index contributed by atoms with van der Waals surface area (Å²) in [7, 11) is 0. The minimum absolute atomic E-state index is 0.281. The monoisotopic (exact) mass is 233 g/mol. The summed E-state index contributed by atoms with van der Waals surface area (Å²) < 4.78 is 1.94. The van der Waals surface area contributed by atoms with Gasteiger partial charge in [0.2, 0.25) is 0 Å². The van der Waals surface area contributed by atoms with Gasteiger partial charge in [0.15, 0.2) is 11.1 Å². The van der Waals surface area contributed by atoms with Crippen molar-refractivity contribution in [3.8, 4) is 0 Å². The molecule has 0 fully saturated rings. The van der Waals surface area contributed by atoms with Crippen LogP contribution in [-0.2, 0) is 6.54 Å². The van der Waals surface area contributed by atoms with Crippen molar-refractivity contribution in [1.29, 1.82) is 0 Å². The van der Waals surface area contributed by atoms with Gasteiger partial charge < -0.3 is 14.7 Å². The van der Waals surface area contributed by atoms with E-state index in [1.165, 1.54) is 0 Å². The van der Waals surface area contributed by atoms with Gasteiger partial charge in [0.1, 0.15) is 12.2 Å². The predicted molar refractivity (Wildman–Crippen MR) is 64.0 cm³/mol. The molecule has 0 amide bonds. The molecule has 0 saturated carbocycles. The lowest BCUT2D eigenvalue weighted by molar-refractivity contribution is 0.304. The number of nitrogens with one attached hydrogen (secondary N) is 1. The average Bonchev–Trinajstić information content (AvgIpc) is 2.77. The van der Waals surface area contributed by atoms with Gasteiger partial charge in [0.25, 0.3) is 0 Å². The van der Waals surface area contributed by atoms with Crippen LogP contribution in [0.15, 0.2) is 29.8 Å². The first kappa shape index (κ1) is 11.5. The Morgan fingerprint density at radius 3 is 3.12 bits per heavy atom. The molecule has 0 unspecified atom stereocenters.